The van der Waals surface area contributed by atoms with E-state index in [9.17, 15) is 13.2 Å². The Bertz CT molecular complexity index is 326. The Morgan fingerprint density at radius 1 is 1.44 bits per heavy atom. The zero-order valence-corrected chi connectivity index (χ0v) is 10.4. The molecule has 16 heavy (non-hydrogen) atoms. The second-order valence-electron chi connectivity index (χ2n) is 4.09. The van der Waals surface area contributed by atoms with Crippen LogP contribution in [0.25, 0.3) is 0 Å². The first-order valence-electron chi connectivity index (χ1n) is 5.67. The number of ether oxygens (including phenoxy) is 1. The van der Waals surface area contributed by atoms with E-state index in [0.717, 1.165) is 19.3 Å². The highest BCUT2D eigenvalue weighted by Crippen LogP contribution is 2.11. The lowest BCUT2D eigenvalue weighted by Crippen LogP contribution is -2.36. The molecule has 6 heteroatoms. The van der Waals surface area contributed by atoms with Gasteiger partial charge in [-0.3, -0.25) is 0 Å². The molecule has 0 aliphatic carbocycles. The predicted molar refractivity (Wildman–Crippen MR) is 61.1 cm³/mol. The van der Waals surface area contributed by atoms with Gasteiger partial charge in [0.05, 0.1) is 18.1 Å². The topological polar surface area (TPSA) is 72.5 Å². The number of hydrogen-bond acceptors (Lipinski definition) is 4. The summed E-state index contributed by atoms with van der Waals surface area (Å²) >= 11 is 0. The van der Waals surface area contributed by atoms with Crippen LogP contribution in [0, 0.1) is 0 Å². The second kappa shape index (κ2) is 6.08. The number of carbonyl (C=O) groups excluding carboxylic acids is 1. The molecule has 0 aromatic rings. The minimum Gasteiger partial charge on any atom is -0.450 e. The van der Waals surface area contributed by atoms with Crippen LogP contribution in [0.1, 0.15) is 32.6 Å². The summed E-state index contributed by atoms with van der Waals surface area (Å²) in [5, 5.41) is 2.57. The number of alkyl carbamates (subject to hydrolysis) is 1. The summed E-state index contributed by atoms with van der Waals surface area (Å²) in [6, 6.07) is -0.274. The predicted octanol–water partition coefficient (Wildman–Crippen LogP) is 1.09. The SMILES string of the molecule is CCCCCOC(=O)N[C@@H]1CCS(=O)(=O)C1. The fraction of sp³-hybridized carbons (Fsp3) is 0.900. The van der Waals surface area contributed by atoms with Crippen LogP contribution in [0.15, 0.2) is 0 Å². The highest BCUT2D eigenvalue weighted by Gasteiger charge is 2.29. The standard InChI is InChI=1S/C10H19NO4S/c1-2-3-4-6-15-10(12)11-9-5-7-16(13,14)8-9/h9H,2-8H2,1H3,(H,11,12)/t9-/m1/s1. The molecule has 1 atom stereocenters. The van der Waals surface area contributed by atoms with Gasteiger partial charge >= 0.3 is 6.09 Å². The summed E-state index contributed by atoms with van der Waals surface area (Å²) in [7, 11) is -2.94. The molecule has 0 unspecified atom stereocenters. The molecule has 1 heterocycles. The van der Waals surface area contributed by atoms with Crippen LogP contribution in [0.5, 0.6) is 0 Å². The molecule has 0 spiro atoms. The first-order chi connectivity index (χ1) is 7.53. The third-order valence-electron chi connectivity index (χ3n) is 2.54. The first kappa shape index (κ1) is 13.3. The van der Waals surface area contributed by atoms with Gasteiger partial charge in [0.25, 0.3) is 0 Å². The van der Waals surface area contributed by atoms with Crippen molar-refractivity contribution >= 4 is 15.9 Å². The van der Waals surface area contributed by atoms with Crippen molar-refractivity contribution < 1.29 is 17.9 Å². The molecule has 1 aliphatic heterocycles. The van der Waals surface area contributed by atoms with E-state index in [0.29, 0.717) is 13.0 Å². The highest BCUT2D eigenvalue weighted by molar-refractivity contribution is 7.91. The maximum absolute atomic E-state index is 11.2. The Morgan fingerprint density at radius 2 is 2.19 bits per heavy atom. The molecule has 1 N–H and O–H groups in total. The fourth-order valence-corrected chi connectivity index (χ4v) is 3.31. The third-order valence-corrected chi connectivity index (χ3v) is 4.30. The zero-order valence-electron chi connectivity index (χ0n) is 9.57. The van der Waals surface area contributed by atoms with Crippen LogP contribution in [-0.4, -0.2) is 38.7 Å². The van der Waals surface area contributed by atoms with E-state index in [2.05, 4.69) is 12.2 Å². The minimum atomic E-state index is -2.94. The molecule has 5 nitrogen and oxygen atoms in total. The summed E-state index contributed by atoms with van der Waals surface area (Å²) in [6.07, 6.45) is 2.95. The number of unbranched alkanes of at least 4 members (excludes halogenated alkanes) is 2. The number of rotatable bonds is 5. The van der Waals surface area contributed by atoms with Crippen LogP contribution >= 0.6 is 0 Å². The highest BCUT2D eigenvalue weighted by atomic mass is 32.2. The normalized spacial score (nSPS) is 22.9. The Kier molecular flexibility index (Phi) is 5.05. The summed E-state index contributed by atoms with van der Waals surface area (Å²) in [4.78, 5) is 11.2. The number of carbonyl (C=O) groups is 1. The molecule has 1 aliphatic rings. The van der Waals surface area contributed by atoms with Gasteiger partial charge in [0.2, 0.25) is 0 Å². The maximum atomic E-state index is 11.2. The van der Waals surface area contributed by atoms with Gasteiger partial charge < -0.3 is 10.1 Å². The van der Waals surface area contributed by atoms with Gasteiger partial charge in [-0.15, -0.1) is 0 Å². The Morgan fingerprint density at radius 3 is 2.75 bits per heavy atom. The molecular formula is C10H19NO4S. The molecule has 1 amide bonds. The number of amides is 1. The van der Waals surface area contributed by atoms with Crippen molar-refractivity contribution in [1.29, 1.82) is 0 Å². The van der Waals surface area contributed by atoms with Crippen molar-refractivity contribution in [3.63, 3.8) is 0 Å². The quantitative estimate of drug-likeness (QED) is 0.740. The first-order valence-corrected chi connectivity index (χ1v) is 7.49. The van der Waals surface area contributed by atoms with E-state index in [4.69, 9.17) is 4.74 Å². The molecule has 0 aromatic heterocycles. The second-order valence-corrected chi connectivity index (χ2v) is 6.32. The van der Waals surface area contributed by atoms with Crippen LogP contribution in [0.2, 0.25) is 0 Å². The average Bonchev–Trinajstić information content (AvgIpc) is 2.53. The van der Waals surface area contributed by atoms with Crippen molar-refractivity contribution in [2.24, 2.45) is 0 Å². The molecule has 0 aromatic carbocycles. The molecule has 1 rings (SSSR count). The lowest BCUT2D eigenvalue weighted by Gasteiger charge is -2.10. The number of hydrogen-bond donors (Lipinski definition) is 1. The van der Waals surface area contributed by atoms with Crippen molar-refractivity contribution in [2.45, 2.75) is 38.6 Å². The van der Waals surface area contributed by atoms with E-state index >= 15 is 0 Å². The lowest BCUT2D eigenvalue weighted by atomic mass is 10.3. The molecule has 94 valence electrons. The number of sulfone groups is 1. The van der Waals surface area contributed by atoms with E-state index in [1.54, 1.807) is 0 Å². The molecule has 0 radical (unpaired) electrons. The Labute approximate surface area is 96.5 Å². The van der Waals surface area contributed by atoms with Crippen molar-refractivity contribution in [3.8, 4) is 0 Å². The summed E-state index contributed by atoms with van der Waals surface area (Å²) < 4.78 is 27.2. The third kappa shape index (κ3) is 4.83. The summed E-state index contributed by atoms with van der Waals surface area (Å²) in [5.74, 6) is 0.199. The van der Waals surface area contributed by atoms with Crippen molar-refractivity contribution in [1.82, 2.24) is 5.32 Å². The molecule has 1 fully saturated rings. The van der Waals surface area contributed by atoms with Crippen LogP contribution < -0.4 is 5.32 Å². The van der Waals surface area contributed by atoms with Gasteiger partial charge in [-0.25, -0.2) is 13.2 Å². The van der Waals surface area contributed by atoms with Crippen LogP contribution in [-0.2, 0) is 14.6 Å². The average molecular weight is 249 g/mol. The van der Waals surface area contributed by atoms with Gasteiger partial charge in [0.1, 0.15) is 0 Å². The molecule has 0 saturated carbocycles. The van der Waals surface area contributed by atoms with Gasteiger partial charge in [-0.1, -0.05) is 19.8 Å². The number of nitrogens with one attached hydrogen (secondary N) is 1. The Hall–Kier alpha value is -0.780. The van der Waals surface area contributed by atoms with Gasteiger partial charge in [-0.2, -0.15) is 0 Å². The van der Waals surface area contributed by atoms with Gasteiger partial charge in [-0.05, 0) is 12.8 Å². The minimum absolute atomic E-state index is 0.0387. The smallest absolute Gasteiger partial charge is 0.407 e. The molecule has 1 saturated heterocycles. The monoisotopic (exact) mass is 249 g/mol. The fourth-order valence-electron chi connectivity index (χ4n) is 1.63. The van der Waals surface area contributed by atoms with E-state index < -0.39 is 15.9 Å². The van der Waals surface area contributed by atoms with Crippen LogP contribution in [0.4, 0.5) is 4.79 Å². The molecule has 0 bridgehead atoms. The lowest BCUT2D eigenvalue weighted by molar-refractivity contribution is 0.141. The molecular weight excluding hydrogens is 230 g/mol. The van der Waals surface area contributed by atoms with Crippen LogP contribution in [0.3, 0.4) is 0 Å². The zero-order chi connectivity index (χ0) is 12.0. The van der Waals surface area contributed by atoms with Gasteiger partial charge in [0.15, 0.2) is 9.84 Å². The van der Waals surface area contributed by atoms with E-state index in [-0.39, 0.29) is 17.5 Å². The van der Waals surface area contributed by atoms with Crippen molar-refractivity contribution in [3.05, 3.63) is 0 Å². The summed E-state index contributed by atoms with van der Waals surface area (Å²) in [5.41, 5.74) is 0. The van der Waals surface area contributed by atoms with Crippen molar-refractivity contribution in [2.75, 3.05) is 18.1 Å². The largest absolute Gasteiger partial charge is 0.450 e. The Balaban J connectivity index is 2.15. The maximum Gasteiger partial charge on any atom is 0.407 e. The van der Waals surface area contributed by atoms with Gasteiger partial charge in [0, 0.05) is 6.04 Å². The van der Waals surface area contributed by atoms with E-state index in [1.165, 1.54) is 0 Å². The summed E-state index contributed by atoms with van der Waals surface area (Å²) in [6.45, 7) is 2.47. The van der Waals surface area contributed by atoms with E-state index in [1.807, 2.05) is 0 Å².